The fourth-order valence-corrected chi connectivity index (χ4v) is 3.53. The fraction of sp³-hybridized carbons (Fsp3) is 0.364. The zero-order chi connectivity index (χ0) is 20.5. The van der Waals surface area contributed by atoms with Gasteiger partial charge in [-0.15, -0.1) is 0 Å². The lowest BCUT2D eigenvalue weighted by Gasteiger charge is -2.29. The third-order valence-corrected chi connectivity index (χ3v) is 5.21. The summed E-state index contributed by atoms with van der Waals surface area (Å²) in [6.45, 7) is 4.83. The average molecular weight is 466 g/mol. The number of carbonyl (C=O) groups is 2. The van der Waals surface area contributed by atoms with E-state index in [-0.39, 0.29) is 18.2 Å². The molecule has 0 spiro atoms. The molecule has 1 unspecified atom stereocenters. The molecule has 0 aromatic heterocycles. The molecule has 0 radical (unpaired) electrons. The van der Waals surface area contributed by atoms with E-state index in [9.17, 15) is 9.59 Å². The van der Waals surface area contributed by atoms with E-state index >= 15 is 0 Å². The van der Waals surface area contributed by atoms with Gasteiger partial charge >= 0.3 is 0 Å². The van der Waals surface area contributed by atoms with Crippen LogP contribution in [0.1, 0.15) is 37.8 Å². The van der Waals surface area contributed by atoms with Crippen LogP contribution in [0.15, 0.2) is 53.0 Å². The van der Waals surface area contributed by atoms with E-state index in [2.05, 4.69) is 28.2 Å². The van der Waals surface area contributed by atoms with E-state index in [0.717, 1.165) is 28.4 Å². The lowest BCUT2D eigenvalue weighted by atomic mass is 10.1. The molecule has 2 aromatic carbocycles. The molecule has 6 heteroatoms. The highest BCUT2D eigenvalue weighted by Gasteiger charge is 2.26. The van der Waals surface area contributed by atoms with Crippen LogP contribution in [0.5, 0.6) is 0 Å². The molecule has 4 nitrogen and oxygen atoms in total. The highest BCUT2D eigenvalue weighted by Crippen LogP contribution is 2.17. The third-order valence-electron chi connectivity index (χ3n) is 4.48. The Morgan fingerprint density at radius 2 is 1.86 bits per heavy atom. The first kappa shape index (κ1) is 22.4. The predicted octanol–water partition coefficient (Wildman–Crippen LogP) is 4.98. The molecule has 0 saturated heterocycles. The average Bonchev–Trinajstić information content (AvgIpc) is 2.65. The number of halogens is 2. The fourth-order valence-electron chi connectivity index (χ4n) is 2.87. The molecule has 0 saturated carbocycles. The van der Waals surface area contributed by atoms with Crippen molar-refractivity contribution in [1.29, 1.82) is 0 Å². The first-order valence-corrected chi connectivity index (χ1v) is 10.6. The van der Waals surface area contributed by atoms with Crippen LogP contribution in [-0.2, 0) is 22.6 Å². The van der Waals surface area contributed by atoms with Gasteiger partial charge in [0.1, 0.15) is 6.04 Å². The highest BCUT2D eigenvalue weighted by atomic mass is 79.9. The van der Waals surface area contributed by atoms with Crippen molar-refractivity contribution >= 4 is 39.3 Å². The van der Waals surface area contributed by atoms with E-state index in [1.165, 1.54) is 0 Å². The zero-order valence-electron chi connectivity index (χ0n) is 16.3. The molecule has 0 fully saturated rings. The van der Waals surface area contributed by atoms with Crippen LogP contribution in [0, 0.1) is 0 Å². The second kappa shape index (κ2) is 11.2. The Bertz CT molecular complexity index is 813. The van der Waals surface area contributed by atoms with Gasteiger partial charge in [-0.3, -0.25) is 9.59 Å². The number of hydrogen-bond donors (Lipinski definition) is 1. The van der Waals surface area contributed by atoms with Gasteiger partial charge in [0.2, 0.25) is 11.8 Å². The highest BCUT2D eigenvalue weighted by molar-refractivity contribution is 9.10. The second-order valence-electron chi connectivity index (χ2n) is 6.78. The van der Waals surface area contributed by atoms with Crippen LogP contribution in [0.4, 0.5) is 0 Å². The molecule has 1 N–H and O–H groups in total. The minimum Gasteiger partial charge on any atom is -0.354 e. The molecule has 0 heterocycles. The first-order valence-electron chi connectivity index (χ1n) is 9.46. The smallest absolute Gasteiger partial charge is 0.242 e. The van der Waals surface area contributed by atoms with E-state index in [0.29, 0.717) is 18.1 Å². The Morgan fingerprint density at radius 1 is 1.14 bits per heavy atom. The molecule has 2 amide bonds. The van der Waals surface area contributed by atoms with Crippen LogP contribution in [0.2, 0.25) is 5.02 Å². The minimum atomic E-state index is -0.567. The predicted molar refractivity (Wildman–Crippen MR) is 117 cm³/mol. The Morgan fingerprint density at radius 3 is 2.54 bits per heavy atom. The van der Waals surface area contributed by atoms with Gasteiger partial charge in [0.15, 0.2) is 0 Å². The number of carbonyl (C=O) groups excluding carboxylic acids is 2. The number of amides is 2. The zero-order valence-corrected chi connectivity index (χ0v) is 18.6. The van der Waals surface area contributed by atoms with Crippen LogP contribution in [-0.4, -0.2) is 29.3 Å². The van der Waals surface area contributed by atoms with Gasteiger partial charge in [-0.05, 0) is 48.7 Å². The van der Waals surface area contributed by atoms with Crippen LogP contribution >= 0.6 is 27.5 Å². The first-order chi connectivity index (χ1) is 13.4. The van der Waals surface area contributed by atoms with Gasteiger partial charge in [0.05, 0.1) is 6.42 Å². The Balaban J connectivity index is 2.18. The molecule has 0 aliphatic carbocycles. The van der Waals surface area contributed by atoms with Gasteiger partial charge in [-0.25, -0.2) is 0 Å². The monoisotopic (exact) mass is 464 g/mol. The SMILES string of the molecule is CCCCNC(=O)C(C)N(Cc1cccc(Br)c1)C(=O)Cc1cccc(Cl)c1. The Hall–Kier alpha value is -1.85. The van der Waals surface area contributed by atoms with Crippen molar-refractivity contribution in [3.05, 3.63) is 69.2 Å². The van der Waals surface area contributed by atoms with Crippen LogP contribution in [0.3, 0.4) is 0 Å². The summed E-state index contributed by atoms with van der Waals surface area (Å²) in [7, 11) is 0. The molecule has 28 heavy (non-hydrogen) atoms. The van der Waals surface area contributed by atoms with Crippen molar-refractivity contribution in [3.8, 4) is 0 Å². The Labute approximate surface area is 180 Å². The standard InChI is InChI=1S/C22H26BrClN2O2/c1-3-4-11-25-22(28)16(2)26(15-18-8-5-9-19(23)12-18)21(27)14-17-7-6-10-20(24)13-17/h5-10,12-13,16H,3-4,11,14-15H2,1-2H3,(H,25,28). The maximum Gasteiger partial charge on any atom is 0.242 e. The minimum absolute atomic E-state index is 0.111. The molecule has 150 valence electrons. The van der Waals surface area contributed by atoms with Crippen molar-refractivity contribution in [3.63, 3.8) is 0 Å². The van der Waals surface area contributed by atoms with Gasteiger partial charge in [0, 0.05) is 22.6 Å². The van der Waals surface area contributed by atoms with Crippen molar-refractivity contribution in [2.24, 2.45) is 0 Å². The van der Waals surface area contributed by atoms with Gasteiger partial charge < -0.3 is 10.2 Å². The third kappa shape index (κ3) is 6.95. The summed E-state index contributed by atoms with van der Waals surface area (Å²) in [6.07, 6.45) is 2.12. The van der Waals surface area contributed by atoms with Crippen molar-refractivity contribution in [2.75, 3.05) is 6.54 Å². The number of hydrogen-bond acceptors (Lipinski definition) is 2. The van der Waals surface area contributed by atoms with Crippen molar-refractivity contribution in [1.82, 2.24) is 10.2 Å². The summed E-state index contributed by atoms with van der Waals surface area (Å²) in [4.78, 5) is 27.3. The summed E-state index contributed by atoms with van der Waals surface area (Å²) in [5, 5.41) is 3.52. The van der Waals surface area contributed by atoms with E-state index in [1.807, 2.05) is 36.4 Å². The molecular weight excluding hydrogens is 440 g/mol. The van der Waals surface area contributed by atoms with E-state index < -0.39 is 6.04 Å². The molecule has 2 aromatic rings. The summed E-state index contributed by atoms with van der Waals surface area (Å²) in [5.74, 6) is -0.247. The van der Waals surface area contributed by atoms with Gasteiger partial charge in [0.25, 0.3) is 0 Å². The van der Waals surface area contributed by atoms with E-state index in [4.69, 9.17) is 11.6 Å². The number of rotatable bonds is 9. The number of nitrogens with zero attached hydrogens (tertiary/aromatic N) is 1. The summed E-state index contributed by atoms with van der Waals surface area (Å²) in [6, 6.07) is 14.4. The quantitative estimate of drug-likeness (QED) is 0.531. The largest absolute Gasteiger partial charge is 0.354 e. The molecule has 1 atom stereocenters. The number of unbranched alkanes of at least 4 members (excludes halogenated alkanes) is 1. The molecule has 0 bridgehead atoms. The van der Waals surface area contributed by atoms with Gasteiger partial charge in [-0.1, -0.05) is 65.1 Å². The maximum atomic E-state index is 13.1. The van der Waals surface area contributed by atoms with E-state index in [1.54, 1.807) is 24.0 Å². The second-order valence-corrected chi connectivity index (χ2v) is 8.13. The lowest BCUT2D eigenvalue weighted by molar-refractivity contribution is -0.140. The molecule has 0 aliphatic heterocycles. The maximum absolute atomic E-state index is 13.1. The molecule has 2 rings (SSSR count). The van der Waals surface area contributed by atoms with Crippen molar-refractivity contribution < 1.29 is 9.59 Å². The summed E-state index contributed by atoms with van der Waals surface area (Å²) in [5.41, 5.74) is 1.79. The normalized spacial score (nSPS) is 11.7. The topological polar surface area (TPSA) is 49.4 Å². The van der Waals surface area contributed by atoms with Crippen LogP contribution in [0.25, 0.3) is 0 Å². The molecular formula is C22H26BrClN2O2. The summed E-state index contributed by atoms with van der Waals surface area (Å²) < 4.78 is 0.937. The Kier molecular flexibility index (Phi) is 9.00. The van der Waals surface area contributed by atoms with Crippen LogP contribution < -0.4 is 5.32 Å². The van der Waals surface area contributed by atoms with Crippen molar-refractivity contribution in [2.45, 2.75) is 45.7 Å². The summed E-state index contributed by atoms with van der Waals surface area (Å²) >= 11 is 9.51. The molecule has 0 aliphatic rings. The van der Waals surface area contributed by atoms with Gasteiger partial charge in [-0.2, -0.15) is 0 Å². The number of nitrogens with one attached hydrogen (secondary N) is 1. The number of benzene rings is 2. The lowest BCUT2D eigenvalue weighted by Crippen LogP contribution is -2.48.